The van der Waals surface area contributed by atoms with Gasteiger partial charge in [0.05, 0.1) is 39.7 Å². The summed E-state index contributed by atoms with van der Waals surface area (Å²) in [5.41, 5.74) is 2.31. The van der Waals surface area contributed by atoms with Gasteiger partial charge in [-0.3, -0.25) is 14.9 Å². The van der Waals surface area contributed by atoms with Gasteiger partial charge in [0.1, 0.15) is 5.75 Å². The lowest BCUT2D eigenvalue weighted by Gasteiger charge is -2.24. The fourth-order valence-electron chi connectivity index (χ4n) is 4.02. The van der Waals surface area contributed by atoms with Crippen molar-refractivity contribution in [2.45, 2.75) is 18.8 Å². The Kier molecular flexibility index (Phi) is 6.62. The van der Waals surface area contributed by atoms with Gasteiger partial charge in [-0.15, -0.1) is 0 Å². The zero-order valence-corrected chi connectivity index (χ0v) is 19.4. The minimum absolute atomic E-state index is 0.0642. The minimum atomic E-state index is -0.373. The number of methoxy groups -OCH3 is 4. The van der Waals surface area contributed by atoms with Crippen LogP contribution in [0.1, 0.15) is 44.3 Å². The zero-order chi connectivity index (χ0) is 24.2. The van der Waals surface area contributed by atoms with Gasteiger partial charge in [0.25, 0.3) is 5.91 Å². The summed E-state index contributed by atoms with van der Waals surface area (Å²) in [6.07, 6.45) is 2.26. The molecular formula is C25H25N3O6. The summed E-state index contributed by atoms with van der Waals surface area (Å²) >= 11 is 0. The van der Waals surface area contributed by atoms with E-state index in [1.165, 1.54) is 13.3 Å². The second-order valence-corrected chi connectivity index (χ2v) is 7.73. The maximum Gasteiger partial charge on any atom is 0.258 e. The first-order valence-electron chi connectivity index (χ1n) is 10.6. The number of amides is 1. The van der Waals surface area contributed by atoms with Crippen LogP contribution in [0.15, 0.2) is 42.6 Å². The van der Waals surface area contributed by atoms with E-state index in [2.05, 4.69) is 15.3 Å². The molecule has 1 aliphatic carbocycles. The van der Waals surface area contributed by atoms with E-state index >= 15 is 0 Å². The molecule has 9 heteroatoms. The molecule has 1 atom stereocenters. The van der Waals surface area contributed by atoms with E-state index in [1.54, 1.807) is 45.6 Å². The van der Waals surface area contributed by atoms with Gasteiger partial charge in [-0.2, -0.15) is 0 Å². The zero-order valence-electron chi connectivity index (χ0n) is 19.4. The molecule has 3 aromatic rings. The Hall–Kier alpha value is -4.14. The highest BCUT2D eigenvalue weighted by molar-refractivity contribution is 6.04. The number of aromatic nitrogens is 2. The molecule has 1 heterocycles. The monoisotopic (exact) mass is 463 g/mol. The molecule has 4 rings (SSSR count). The molecule has 1 amide bonds. The van der Waals surface area contributed by atoms with E-state index in [1.807, 2.05) is 12.1 Å². The van der Waals surface area contributed by atoms with Gasteiger partial charge >= 0.3 is 0 Å². The van der Waals surface area contributed by atoms with Crippen LogP contribution in [0.5, 0.6) is 23.0 Å². The van der Waals surface area contributed by atoms with Crippen LogP contribution in [0.25, 0.3) is 0 Å². The molecule has 0 bridgehead atoms. The van der Waals surface area contributed by atoms with Crippen molar-refractivity contribution in [2.24, 2.45) is 0 Å². The minimum Gasteiger partial charge on any atom is -0.497 e. The van der Waals surface area contributed by atoms with Crippen LogP contribution in [-0.2, 0) is 6.42 Å². The van der Waals surface area contributed by atoms with Crippen molar-refractivity contribution in [3.63, 3.8) is 0 Å². The highest BCUT2D eigenvalue weighted by atomic mass is 16.5. The molecule has 0 spiro atoms. The summed E-state index contributed by atoms with van der Waals surface area (Å²) in [4.78, 5) is 34.2. The SMILES string of the molecule is COc1cccc(C(=O)Nc2ncc3c(n2)CC(c2cc(OC)c(OC)c(OC)c2)CC3=O)c1. The molecule has 0 saturated carbocycles. The summed E-state index contributed by atoms with van der Waals surface area (Å²) < 4.78 is 21.5. The quantitative estimate of drug-likeness (QED) is 0.565. The Morgan fingerprint density at radius 1 is 0.971 bits per heavy atom. The number of fused-ring (bicyclic) bond motifs is 1. The van der Waals surface area contributed by atoms with Gasteiger partial charge in [0, 0.05) is 18.2 Å². The number of ether oxygens (including phenoxy) is 4. The van der Waals surface area contributed by atoms with Crippen LogP contribution >= 0.6 is 0 Å². The standard InChI is InChI=1S/C25H25N3O6/c1-31-17-7-5-6-14(8-17)24(30)28-25-26-13-18-19(27-25)9-15(10-20(18)29)16-11-21(32-2)23(34-4)22(12-16)33-3/h5-8,11-13,15H,9-10H2,1-4H3,(H,26,27,28,30). The third-order valence-corrected chi connectivity index (χ3v) is 5.76. The third kappa shape index (κ3) is 4.50. The number of rotatable bonds is 7. The number of nitrogens with one attached hydrogen (secondary N) is 1. The first kappa shape index (κ1) is 23.0. The summed E-state index contributed by atoms with van der Waals surface area (Å²) in [7, 11) is 6.17. The van der Waals surface area contributed by atoms with Crippen molar-refractivity contribution >= 4 is 17.6 Å². The normalized spacial score (nSPS) is 14.7. The van der Waals surface area contributed by atoms with Crippen LogP contribution in [0, 0.1) is 0 Å². The number of carbonyl (C=O) groups is 2. The van der Waals surface area contributed by atoms with Gasteiger partial charge < -0.3 is 18.9 Å². The number of Topliss-reactive ketones (excluding diaryl/α,β-unsaturated/α-hetero) is 1. The van der Waals surface area contributed by atoms with Crippen molar-refractivity contribution in [2.75, 3.05) is 33.8 Å². The van der Waals surface area contributed by atoms with Gasteiger partial charge in [-0.05, 0) is 48.2 Å². The number of carbonyl (C=O) groups excluding carboxylic acids is 2. The first-order chi connectivity index (χ1) is 16.5. The average molecular weight is 463 g/mol. The van der Waals surface area contributed by atoms with Crippen molar-refractivity contribution < 1.29 is 28.5 Å². The molecule has 1 unspecified atom stereocenters. The van der Waals surface area contributed by atoms with Gasteiger partial charge in [-0.1, -0.05) is 6.07 Å². The molecule has 0 aliphatic heterocycles. The van der Waals surface area contributed by atoms with Crippen LogP contribution in [0.3, 0.4) is 0 Å². The lowest BCUT2D eigenvalue weighted by atomic mass is 9.82. The van der Waals surface area contributed by atoms with Crippen molar-refractivity contribution in [3.8, 4) is 23.0 Å². The number of nitrogens with zero attached hydrogens (tertiary/aromatic N) is 2. The number of ketones is 1. The van der Waals surface area contributed by atoms with Crippen molar-refractivity contribution in [1.82, 2.24) is 9.97 Å². The Balaban J connectivity index is 1.60. The topological polar surface area (TPSA) is 109 Å². The van der Waals surface area contributed by atoms with Gasteiger partial charge in [0.15, 0.2) is 17.3 Å². The lowest BCUT2D eigenvalue weighted by molar-refractivity contribution is 0.0962. The molecule has 1 aliphatic rings. The highest BCUT2D eigenvalue weighted by Gasteiger charge is 2.30. The summed E-state index contributed by atoms with van der Waals surface area (Å²) in [5.74, 6) is 1.63. The van der Waals surface area contributed by atoms with E-state index in [4.69, 9.17) is 18.9 Å². The van der Waals surface area contributed by atoms with Gasteiger partial charge in [0.2, 0.25) is 11.7 Å². The first-order valence-corrected chi connectivity index (χ1v) is 10.6. The smallest absolute Gasteiger partial charge is 0.258 e. The predicted molar refractivity (Wildman–Crippen MR) is 124 cm³/mol. The molecule has 176 valence electrons. The number of hydrogen-bond donors (Lipinski definition) is 1. The Morgan fingerprint density at radius 2 is 1.71 bits per heavy atom. The molecule has 2 aromatic carbocycles. The number of hydrogen-bond acceptors (Lipinski definition) is 8. The van der Waals surface area contributed by atoms with E-state index < -0.39 is 0 Å². The van der Waals surface area contributed by atoms with E-state index in [9.17, 15) is 9.59 Å². The Morgan fingerprint density at radius 3 is 2.35 bits per heavy atom. The molecule has 0 saturated heterocycles. The second-order valence-electron chi connectivity index (χ2n) is 7.73. The largest absolute Gasteiger partial charge is 0.497 e. The number of benzene rings is 2. The third-order valence-electron chi connectivity index (χ3n) is 5.76. The maximum absolute atomic E-state index is 12.9. The summed E-state index contributed by atoms with van der Waals surface area (Å²) in [5, 5.41) is 2.70. The van der Waals surface area contributed by atoms with Gasteiger partial charge in [-0.25, -0.2) is 9.97 Å². The van der Waals surface area contributed by atoms with Crippen LogP contribution in [0.4, 0.5) is 5.95 Å². The van der Waals surface area contributed by atoms with Crippen molar-refractivity contribution in [1.29, 1.82) is 0 Å². The molecule has 1 aromatic heterocycles. The Labute approximate surface area is 197 Å². The fourth-order valence-corrected chi connectivity index (χ4v) is 4.02. The maximum atomic E-state index is 12.9. The summed E-state index contributed by atoms with van der Waals surface area (Å²) in [6.45, 7) is 0. The molecule has 9 nitrogen and oxygen atoms in total. The second kappa shape index (κ2) is 9.78. The van der Waals surface area contributed by atoms with Crippen LogP contribution in [-0.4, -0.2) is 50.1 Å². The molecule has 1 N–H and O–H groups in total. The molecule has 34 heavy (non-hydrogen) atoms. The highest BCUT2D eigenvalue weighted by Crippen LogP contribution is 2.42. The fraction of sp³-hybridized carbons (Fsp3) is 0.280. The summed E-state index contributed by atoms with van der Waals surface area (Å²) in [6, 6.07) is 10.5. The predicted octanol–water partition coefficient (Wildman–Crippen LogP) is 3.68. The number of anilines is 1. The van der Waals surface area contributed by atoms with E-state index in [0.29, 0.717) is 52.7 Å². The average Bonchev–Trinajstić information content (AvgIpc) is 2.87. The molecule has 0 fully saturated rings. The van der Waals surface area contributed by atoms with E-state index in [0.717, 1.165) is 5.56 Å². The lowest BCUT2D eigenvalue weighted by Crippen LogP contribution is -2.22. The Bertz CT molecular complexity index is 1220. The van der Waals surface area contributed by atoms with Crippen molar-refractivity contribution in [3.05, 3.63) is 65.0 Å². The van der Waals surface area contributed by atoms with Crippen LogP contribution in [0.2, 0.25) is 0 Å². The van der Waals surface area contributed by atoms with Crippen LogP contribution < -0.4 is 24.3 Å². The molecule has 0 radical (unpaired) electrons. The molecular weight excluding hydrogens is 438 g/mol. The van der Waals surface area contributed by atoms with E-state index in [-0.39, 0.29) is 23.6 Å².